The number of ether oxygens (including phenoxy) is 1. The van der Waals surface area contributed by atoms with Gasteiger partial charge in [-0.25, -0.2) is 4.79 Å². The lowest BCUT2D eigenvalue weighted by Crippen LogP contribution is -2.41. The van der Waals surface area contributed by atoms with Gasteiger partial charge in [0.15, 0.2) is 10.2 Å². The summed E-state index contributed by atoms with van der Waals surface area (Å²) in [6.07, 6.45) is 0. The summed E-state index contributed by atoms with van der Waals surface area (Å²) in [5.74, 6) is -0.000450. The van der Waals surface area contributed by atoms with Crippen LogP contribution in [0.2, 0.25) is 5.02 Å². The minimum Gasteiger partial charge on any atom is -0.464 e. The maximum Gasteiger partial charge on any atom is 0.339 e. The lowest BCUT2D eigenvalue weighted by atomic mass is 9.98. The van der Waals surface area contributed by atoms with Gasteiger partial charge in [0.2, 0.25) is 0 Å². The van der Waals surface area contributed by atoms with Crippen LogP contribution in [0.5, 0.6) is 0 Å². The van der Waals surface area contributed by atoms with Crippen LogP contribution in [0.1, 0.15) is 19.6 Å². The molecule has 21 heavy (non-hydrogen) atoms. The number of hydrogen-bond donors (Lipinski definition) is 1. The average molecular weight is 373 g/mol. The smallest absolute Gasteiger partial charge is 0.339 e. The van der Waals surface area contributed by atoms with Gasteiger partial charge in [0.05, 0.1) is 17.3 Å². The molecule has 0 aliphatic rings. The minimum absolute atomic E-state index is 0.278. The highest BCUT2D eigenvalue weighted by molar-refractivity contribution is 9.10. The highest BCUT2D eigenvalue weighted by Gasteiger charge is 2.40. The largest absolute Gasteiger partial charge is 0.464 e. The molecule has 0 fully saturated rings. The van der Waals surface area contributed by atoms with E-state index in [4.69, 9.17) is 20.8 Å². The van der Waals surface area contributed by atoms with Gasteiger partial charge in [-0.2, -0.15) is 0 Å². The van der Waals surface area contributed by atoms with Gasteiger partial charge in [0.1, 0.15) is 5.76 Å². The fourth-order valence-corrected chi connectivity index (χ4v) is 2.39. The molecule has 0 saturated heterocycles. The molecule has 6 heteroatoms. The van der Waals surface area contributed by atoms with E-state index in [2.05, 4.69) is 21.2 Å². The molecule has 0 bridgehead atoms. The van der Waals surface area contributed by atoms with Gasteiger partial charge in [-0.1, -0.05) is 23.7 Å². The van der Waals surface area contributed by atoms with Crippen molar-refractivity contribution in [2.75, 3.05) is 11.9 Å². The summed E-state index contributed by atoms with van der Waals surface area (Å²) in [6, 6.07) is 10.6. The fraction of sp³-hybridized carbons (Fsp3) is 0.267. The summed E-state index contributed by atoms with van der Waals surface area (Å²) in [6.45, 7) is 3.73. The van der Waals surface area contributed by atoms with Crippen LogP contribution in [0, 0.1) is 0 Å². The van der Waals surface area contributed by atoms with E-state index in [1.165, 1.54) is 0 Å². The van der Waals surface area contributed by atoms with Crippen molar-refractivity contribution in [3.63, 3.8) is 0 Å². The standard InChI is InChI=1S/C15H15BrClNO3/c1-3-20-14(19)15(2,12-8-9-13(16)21-12)18-11-7-5-4-6-10(11)17/h4-9,18H,3H2,1-2H3. The van der Waals surface area contributed by atoms with Crippen LogP contribution in [0.4, 0.5) is 5.69 Å². The van der Waals surface area contributed by atoms with Gasteiger partial charge in [-0.3, -0.25) is 0 Å². The third-order valence-corrected chi connectivity index (χ3v) is 3.76. The molecule has 0 radical (unpaired) electrons. The van der Waals surface area contributed by atoms with Crippen molar-refractivity contribution in [3.8, 4) is 0 Å². The van der Waals surface area contributed by atoms with Crippen LogP contribution in [0.25, 0.3) is 0 Å². The van der Waals surface area contributed by atoms with Gasteiger partial charge >= 0.3 is 5.97 Å². The lowest BCUT2D eigenvalue weighted by Gasteiger charge is -2.28. The Morgan fingerprint density at radius 3 is 2.67 bits per heavy atom. The van der Waals surface area contributed by atoms with Crippen molar-refractivity contribution in [1.82, 2.24) is 0 Å². The van der Waals surface area contributed by atoms with Gasteiger partial charge in [-0.05, 0) is 54.0 Å². The highest BCUT2D eigenvalue weighted by atomic mass is 79.9. The molecule has 2 aromatic rings. The number of carbonyl (C=O) groups excluding carboxylic acids is 1. The third kappa shape index (κ3) is 3.41. The molecule has 1 heterocycles. The summed E-state index contributed by atoms with van der Waals surface area (Å²) < 4.78 is 11.2. The molecule has 0 aliphatic heterocycles. The predicted octanol–water partition coefficient (Wildman–Crippen LogP) is 4.59. The van der Waals surface area contributed by atoms with E-state index < -0.39 is 11.5 Å². The van der Waals surface area contributed by atoms with E-state index in [9.17, 15) is 4.79 Å². The number of nitrogens with one attached hydrogen (secondary N) is 1. The van der Waals surface area contributed by atoms with Crippen LogP contribution >= 0.6 is 27.5 Å². The Labute approximate surface area is 136 Å². The van der Waals surface area contributed by atoms with Crippen molar-refractivity contribution in [1.29, 1.82) is 0 Å². The van der Waals surface area contributed by atoms with Crippen molar-refractivity contribution in [3.05, 3.63) is 51.9 Å². The first-order valence-corrected chi connectivity index (χ1v) is 7.60. The number of rotatable bonds is 5. The monoisotopic (exact) mass is 371 g/mol. The van der Waals surface area contributed by atoms with Crippen LogP contribution in [-0.2, 0) is 15.1 Å². The first-order valence-electron chi connectivity index (χ1n) is 6.43. The summed E-state index contributed by atoms with van der Waals surface area (Å²) in [5, 5.41) is 3.63. The van der Waals surface area contributed by atoms with Gasteiger partial charge < -0.3 is 14.5 Å². The topological polar surface area (TPSA) is 51.5 Å². The van der Waals surface area contributed by atoms with E-state index in [0.29, 0.717) is 21.1 Å². The maximum atomic E-state index is 12.4. The number of furan rings is 1. The quantitative estimate of drug-likeness (QED) is 0.780. The Balaban J connectivity index is 2.41. The zero-order valence-electron chi connectivity index (χ0n) is 11.7. The molecule has 0 amide bonds. The van der Waals surface area contributed by atoms with Crippen LogP contribution in [0.3, 0.4) is 0 Å². The Morgan fingerprint density at radius 2 is 2.10 bits per heavy atom. The molecule has 1 aromatic carbocycles. The molecule has 1 atom stereocenters. The summed E-state index contributed by atoms with van der Waals surface area (Å²) in [4.78, 5) is 12.4. The van der Waals surface area contributed by atoms with Crippen LogP contribution in [-0.4, -0.2) is 12.6 Å². The number of esters is 1. The zero-order chi connectivity index (χ0) is 15.5. The number of carbonyl (C=O) groups is 1. The number of hydrogen-bond acceptors (Lipinski definition) is 4. The Kier molecular flexibility index (Phi) is 4.96. The van der Waals surface area contributed by atoms with Gasteiger partial charge in [0, 0.05) is 0 Å². The number of halogens is 2. The molecule has 4 nitrogen and oxygen atoms in total. The Bertz CT molecular complexity index is 643. The van der Waals surface area contributed by atoms with Crippen LogP contribution < -0.4 is 5.32 Å². The molecule has 0 spiro atoms. The average Bonchev–Trinajstić information content (AvgIpc) is 2.89. The second-order valence-corrected chi connectivity index (χ2v) is 5.74. The van der Waals surface area contributed by atoms with Crippen molar-refractivity contribution in [2.24, 2.45) is 0 Å². The first kappa shape index (κ1) is 15.9. The normalized spacial score (nSPS) is 13.5. The van der Waals surface area contributed by atoms with E-state index in [1.54, 1.807) is 38.1 Å². The highest BCUT2D eigenvalue weighted by Crippen LogP contribution is 2.33. The van der Waals surface area contributed by atoms with E-state index in [0.717, 1.165) is 0 Å². The van der Waals surface area contributed by atoms with E-state index >= 15 is 0 Å². The summed E-state index contributed by atoms with van der Waals surface area (Å²) >= 11 is 9.39. The molecule has 2 rings (SSSR count). The molecular formula is C15H15BrClNO3. The first-order chi connectivity index (χ1) is 9.97. The maximum absolute atomic E-state index is 12.4. The lowest BCUT2D eigenvalue weighted by molar-refractivity contribution is -0.149. The molecule has 0 aliphatic carbocycles. The summed E-state index contributed by atoms with van der Waals surface area (Å²) in [7, 11) is 0. The molecule has 1 aromatic heterocycles. The van der Waals surface area contributed by atoms with Gasteiger partial charge in [-0.15, -0.1) is 0 Å². The number of anilines is 1. The van der Waals surface area contributed by atoms with E-state index in [1.807, 2.05) is 12.1 Å². The predicted molar refractivity (Wildman–Crippen MR) is 85.5 cm³/mol. The molecule has 0 saturated carbocycles. The second-order valence-electron chi connectivity index (χ2n) is 4.55. The Morgan fingerprint density at radius 1 is 1.38 bits per heavy atom. The van der Waals surface area contributed by atoms with Crippen molar-refractivity contribution in [2.45, 2.75) is 19.4 Å². The molecule has 112 valence electrons. The molecule has 1 unspecified atom stereocenters. The molecule has 1 N–H and O–H groups in total. The molecular weight excluding hydrogens is 358 g/mol. The van der Waals surface area contributed by atoms with E-state index in [-0.39, 0.29) is 6.61 Å². The van der Waals surface area contributed by atoms with Crippen molar-refractivity contribution < 1.29 is 13.9 Å². The third-order valence-electron chi connectivity index (χ3n) is 3.01. The second kappa shape index (κ2) is 6.54. The van der Waals surface area contributed by atoms with Gasteiger partial charge in [0.25, 0.3) is 0 Å². The minimum atomic E-state index is -1.17. The fourth-order valence-electron chi connectivity index (χ4n) is 1.90. The number of benzene rings is 1. The summed E-state index contributed by atoms with van der Waals surface area (Å²) in [5.41, 5.74) is -0.547. The van der Waals surface area contributed by atoms with Crippen molar-refractivity contribution >= 4 is 39.2 Å². The SMILES string of the molecule is CCOC(=O)C(C)(Nc1ccccc1Cl)c1ccc(Br)o1. The number of para-hydroxylation sites is 1. The van der Waals surface area contributed by atoms with Crippen LogP contribution in [0.15, 0.2) is 45.5 Å². The zero-order valence-corrected chi connectivity index (χ0v) is 14.0. The Hall–Kier alpha value is -1.46.